The number of hydrogen-bond donors (Lipinski definition) is 1. The van der Waals surface area contributed by atoms with Gasteiger partial charge < -0.3 is 9.84 Å². The Morgan fingerprint density at radius 1 is 1.30 bits per heavy atom. The first-order valence-electron chi connectivity index (χ1n) is 7.34. The minimum absolute atomic E-state index is 0.697. The number of carboxylic acid groups (broad SMARTS) is 1. The monoisotopic (exact) mass is 275 g/mol. The van der Waals surface area contributed by atoms with Gasteiger partial charge in [0.15, 0.2) is 0 Å². The molecule has 1 aromatic carbocycles. The number of ether oxygens (including phenoxy) is 1. The van der Waals surface area contributed by atoms with E-state index in [2.05, 4.69) is 4.90 Å². The van der Waals surface area contributed by atoms with E-state index in [0.717, 1.165) is 55.6 Å². The normalized spacial score (nSPS) is 26.2. The number of hydrogen-bond acceptors (Lipinski definition) is 3. The summed E-state index contributed by atoms with van der Waals surface area (Å²) in [5, 5.41) is 9.98. The smallest absolute Gasteiger partial charge is 0.328 e. The van der Waals surface area contributed by atoms with Gasteiger partial charge in [0.2, 0.25) is 0 Å². The molecule has 2 aliphatic rings. The van der Waals surface area contributed by atoms with Crippen molar-refractivity contribution >= 4 is 5.97 Å². The largest absolute Gasteiger partial charge is 0.497 e. The summed E-state index contributed by atoms with van der Waals surface area (Å²) in [6.45, 7) is 1.76. The van der Waals surface area contributed by atoms with Gasteiger partial charge in [0, 0.05) is 0 Å². The van der Waals surface area contributed by atoms with Gasteiger partial charge >= 0.3 is 5.97 Å². The van der Waals surface area contributed by atoms with E-state index in [0.29, 0.717) is 6.42 Å². The number of aryl methyl sites for hydroxylation is 1. The second-order valence-corrected chi connectivity index (χ2v) is 5.74. The molecule has 1 aliphatic carbocycles. The van der Waals surface area contributed by atoms with Crippen molar-refractivity contribution in [3.8, 4) is 5.75 Å². The summed E-state index contributed by atoms with van der Waals surface area (Å²) in [6, 6.07) is 5.89. The maximum absolute atomic E-state index is 12.1. The second kappa shape index (κ2) is 5.09. The topological polar surface area (TPSA) is 49.8 Å². The lowest BCUT2D eigenvalue weighted by molar-refractivity contribution is -0.153. The van der Waals surface area contributed by atoms with E-state index >= 15 is 0 Å². The first-order valence-corrected chi connectivity index (χ1v) is 7.34. The predicted molar refractivity (Wildman–Crippen MR) is 76.1 cm³/mol. The van der Waals surface area contributed by atoms with E-state index in [-0.39, 0.29) is 0 Å². The van der Waals surface area contributed by atoms with Crippen molar-refractivity contribution in [1.29, 1.82) is 0 Å². The molecule has 0 radical (unpaired) electrons. The molecule has 0 bridgehead atoms. The molecule has 0 amide bonds. The Labute approximate surface area is 119 Å². The van der Waals surface area contributed by atoms with Gasteiger partial charge in [-0.25, -0.2) is 4.79 Å². The van der Waals surface area contributed by atoms with Crippen LogP contribution in [0, 0.1) is 0 Å². The first kappa shape index (κ1) is 13.4. The Kier molecular flexibility index (Phi) is 3.42. The van der Waals surface area contributed by atoms with E-state index in [1.54, 1.807) is 7.11 Å². The molecule has 108 valence electrons. The SMILES string of the molecule is COc1ccc2c(c1)C(C(=O)O)(N1CCCC1)CCC2. The molecule has 1 fully saturated rings. The van der Waals surface area contributed by atoms with Crippen molar-refractivity contribution in [2.24, 2.45) is 0 Å². The second-order valence-electron chi connectivity index (χ2n) is 5.74. The number of fused-ring (bicyclic) bond motifs is 1. The molecule has 1 atom stereocenters. The van der Waals surface area contributed by atoms with Gasteiger partial charge in [-0.2, -0.15) is 0 Å². The molecule has 4 heteroatoms. The number of likely N-dealkylation sites (tertiary alicyclic amines) is 1. The fraction of sp³-hybridized carbons (Fsp3) is 0.562. The van der Waals surface area contributed by atoms with Crippen LogP contribution in [0.3, 0.4) is 0 Å². The number of methoxy groups -OCH3 is 1. The van der Waals surface area contributed by atoms with Crippen LogP contribution in [0.1, 0.15) is 36.8 Å². The Bertz CT molecular complexity index is 522. The molecule has 1 saturated heterocycles. The maximum atomic E-state index is 12.1. The van der Waals surface area contributed by atoms with E-state index in [4.69, 9.17) is 4.74 Å². The Morgan fingerprint density at radius 2 is 2.05 bits per heavy atom. The minimum Gasteiger partial charge on any atom is -0.497 e. The van der Waals surface area contributed by atoms with Crippen molar-refractivity contribution in [1.82, 2.24) is 4.90 Å². The van der Waals surface area contributed by atoms with Crippen molar-refractivity contribution in [3.63, 3.8) is 0 Å². The summed E-state index contributed by atoms with van der Waals surface area (Å²) in [7, 11) is 1.63. The van der Waals surface area contributed by atoms with Crippen LogP contribution in [0.15, 0.2) is 18.2 Å². The standard InChI is InChI=1S/C16H21NO3/c1-20-13-7-6-12-5-4-8-16(15(18)19,14(12)11-13)17-9-2-3-10-17/h6-7,11H,2-5,8-10H2,1H3,(H,18,19). The highest BCUT2D eigenvalue weighted by Gasteiger charge is 2.49. The lowest BCUT2D eigenvalue weighted by Crippen LogP contribution is -2.52. The van der Waals surface area contributed by atoms with Crippen LogP contribution in [-0.2, 0) is 16.8 Å². The molecule has 0 aromatic heterocycles. The fourth-order valence-corrected chi connectivity index (χ4v) is 3.74. The molecule has 0 spiro atoms. The Balaban J connectivity index is 2.14. The number of nitrogens with zero attached hydrogens (tertiary/aromatic N) is 1. The zero-order chi connectivity index (χ0) is 14.2. The molecule has 3 rings (SSSR count). The summed E-state index contributed by atoms with van der Waals surface area (Å²) in [4.78, 5) is 14.3. The van der Waals surface area contributed by atoms with Crippen LogP contribution in [0.2, 0.25) is 0 Å². The average molecular weight is 275 g/mol. The number of carboxylic acids is 1. The molecule has 1 unspecified atom stereocenters. The van der Waals surface area contributed by atoms with Gasteiger partial charge in [-0.1, -0.05) is 6.07 Å². The molecular weight excluding hydrogens is 254 g/mol. The van der Waals surface area contributed by atoms with Crippen LogP contribution in [0.4, 0.5) is 0 Å². The zero-order valence-corrected chi connectivity index (χ0v) is 11.9. The van der Waals surface area contributed by atoms with Crippen LogP contribution < -0.4 is 4.74 Å². The van der Waals surface area contributed by atoms with Crippen molar-refractivity contribution in [3.05, 3.63) is 29.3 Å². The number of aliphatic carboxylic acids is 1. The van der Waals surface area contributed by atoms with Crippen LogP contribution in [0.5, 0.6) is 5.75 Å². The van der Waals surface area contributed by atoms with Crippen LogP contribution in [0.25, 0.3) is 0 Å². The summed E-state index contributed by atoms with van der Waals surface area (Å²) in [6.07, 6.45) is 4.77. The van der Waals surface area contributed by atoms with Gasteiger partial charge in [0.1, 0.15) is 11.3 Å². The number of carbonyl (C=O) groups is 1. The Hall–Kier alpha value is -1.55. The molecule has 0 saturated carbocycles. The quantitative estimate of drug-likeness (QED) is 0.920. The van der Waals surface area contributed by atoms with Crippen molar-refractivity contribution < 1.29 is 14.6 Å². The molecule has 1 aliphatic heterocycles. The Morgan fingerprint density at radius 3 is 2.70 bits per heavy atom. The molecule has 20 heavy (non-hydrogen) atoms. The lowest BCUT2D eigenvalue weighted by Gasteiger charge is -2.42. The summed E-state index contributed by atoms with van der Waals surface area (Å²) < 4.78 is 5.30. The maximum Gasteiger partial charge on any atom is 0.328 e. The van der Waals surface area contributed by atoms with E-state index in [1.807, 2.05) is 18.2 Å². The highest BCUT2D eigenvalue weighted by Crippen LogP contribution is 2.43. The van der Waals surface area contributed by atoms with Crippen molar-refractivity contribution in [2.75, 3.05) is 20.2 Å². The molecule has 1 heterocycles. The van der Waals surface area contributed by atoms with E-state index in [9.17, 15) is 9.90 Å². The first-order chi connectivity index (χ1) is 9.68. The number of rotatable bonds is 3. The predicted octanol–water partition coefficient (Wildman–Crippen LogP) is 2.41. The van der Waals surface area contributed by atoms with Crippen LogP contribution in [-0.4, -0.2) is 36.2 Å². The van der Waals surface area contributed by atoms with Gasteiger partial charge in [-0.3, -0.25) is 4.90 Å². The van der Waals surface area contributed by atoms with Gasteiger partial charge in [-0.05, 0) is 68.5 Å². The highest BCUT2D eigenvalue weighted by atomic mass is 16.5. The summed E-state index contributed by atoms with van der Waals surface area (Å²) in [5.74, 6) is 0.0316. The van der Waals surface area contributed by atoms with Crippen molar-refractivity contribution in [2.45, 2.75) is 37.6 Å². The zero-order valence-electron chi connectivity index (χ0n) is 11.9. The van der Waals surface area contributed by atoms with Gasteiger partial charge in [0.05, 0.1) is 7.11 Å². The van der Waals surface area contributed by atoms with E-state index in [1.165, 1.54) is 0 Å². The average Bonchev–Trinajstić information content (AvgIpc) is 3.00. The third-order valence-corrected chi connectivity index (χ3v) is 4.75. The molecular formula is C16H21NO3. The minimum atomic E-state index is -0.849. The highest BCUT2D eigenvalue weighted by molar-refractivity contribution is 5.82. The third kappa shape index (κ3) is 1.90. The molecule has 1 aromatic rings. The van der Waals surface area contributed by atoms with E-state index < -0.39 is 11.5 Å². The summed E-state index contributed by atoms with van der Waals surface area (Å²) in [5.41, 5.74) is 1.25. The van der Waals surface area contributed by atoms with Gasteiger partial charge in [-0.15, -0.1) is 0 Å². The van der Waals surface area contributed by atoms with Gasteiger partial charge in [0.25, 0.3) is 0 Å². The molecule has 1 N–H and O–H groups in total. The summed E-state index contributed by atoms with van der Waals surface area (Å²) >= 11 is 0. The lowest BCUT2D eigenvalue weighted by atomic mass is 9.75. The molecule has 4 nitrogen and oxygen atoms in total. The third-order valence-electron chi connectivity index (χ3n) is 4.75. The number of benzene rings is 1. The fourth-order valence-electron chi connectivity index (χ4n) is 3.74. The van der Waals surface area contributed by atoms with Crippen LogP contribution >= 0.6 is 0 Å².